The molecule has 14 heteroatoms. The van der Waals surface area contributed by atoms with Crippen LogP contribution < -0.4 is 5.73 Å². The monoisotopic (exact) mass is 701 g/mol. The first-order valence-electron chi connectivity index (χ1n) is 15.1. The van der Waals surface area contributed by atoms with Gasteiger partial charge in [0.05, 0.1) is 24.2 Å². The maximum Gasteiger partial charge on any atom is 0.405 e. The first-order valence-corrected chi connectivity index (χ1v) is 15.9. The van der Waals surface area contributed by atoms with Crippen molar-refractivity contribution in [2.45, 2.75) is 94.9 Å². The number of primary amides is 1. The lowest BCUT2D eigenvalue weighted by atomic mass is 9.85. The quantitative estimate of drug-likeness (QED) is 0.0399. The van der Waals surface area contributed by atoms with Gasteiger partial charge in [-0.15, -0.1) is 11.6 Å². The van der Waals surface area contributed by atoms with E-state index in [9.17, 15) is 39.6 Å². The van der Waals surface area contributed by atoms with Crippen LogP contribution in [0.3, 0.4) is 0 Å². The maximum absolute atomic E-state index is 12.6. The summed E-state index contributed by atoms with van der Waals surface area (Å²) in [6, 6.07) is 0. The summed E-state index contributed by atoms with van der Waals surface area (Å²) in [6.45, 7) is 5.12. The molecule has 9 atom stereocenters. The van der Waals surface area contributed by atoms with Gasteiger partial charge in [-0.3, -0.25) is 9.59 Å². The van der Waals surface area contributed by atoms with Crippen LogP contribution in [0.4, 0.5) is 4.79 Å². The zero-order chi connectivity index (χ0) is 35.7. The third-order valence-electron chi connectivity index (χ3n) is 7.31. The summed E-state index contributed by atoms with van der Waals surface area (Å²) in [6.07, 6.45) is 6.95. The van der Waals surface area contributed by atoms with E-state index in [2.05, 4.69) is 0 Å². The smallest absolute Gasteiger partial charge is 0.405 e. The predicted molar refractivity (Wildman–Crippen MR) is 176 cm³/mol. The molecule has 7 N–H and O–H groups in total. The van der Waals surface area contributed by atoms with Crippen LogP contribution in [0.15, 0.2) is 71.4 Å². The van der Waals surface area contributed by atoms with Gasteiger partial charge in [0.1, 0.15) is 23.7 Å². The molecule has 262 valence electrons. The molecule has 12 nitrogen and oxygen atoms in total. The number of alkyl halides is 1. The van der Waals surface area contributed by atoms with Crippen LogP contribution in [0.2, 0.25) is 0 Å². The van der Waals surface area contributed by atoms with Gasteiger partial charge in [0.15, 0.2) is 5.78 Å². The number of ketones is 1. The number of esters is 1. The Hall–Kier alpha value is -3.26. The van der Waals surface area contributed by atoms with Crippen molar-refractivity contribution in [3.8, 4) is 0 Å². The third kappa shape index (κ3) is 15.5. The van der Waals surface area contributed by atoms with Gasteiger partial charge >= 0.3 is 18.0 Å². The van der Waals surface area contributed by atoms with Crippen molar-refractivity contribution in [1.82, 2.24) is 0 Å². The van der Waals surface area contributed by atoms with Crippen molar-refractivity contribution in [1.29, 1.82) is 0 Å². The number of ether oxygens (including phenoxy) is 2. The highest BCUT2D eigenvalue weighted by molar-refractivity contribution is 6.30. The number of aliphatic carboxylic acids is 1. The maximum atomic E-state index is 12.6. The highest BCUT2D eigenvalue weighted by Crippen LogP contribution is 2.27. The molecule has 1 saturated carbocycles. The third-order valence-corrected chi connectivity index (χ3v) is 8.32. The number of hydrogen-bond acceptors (Lipinski definition) is 10. The van der Waals surface area contributed by atoms with Crippen molar-refractivity contribution in [3.05, 3.63) is 71.4 Å². The Kier molecular flexibility index (Phi) is 19.2. The van der Waals surface area contributed by atoms with Crippen molar-refractivity contribution in [2.75, 3.05) is 0 Å². The summed E-state index contributed by atoms with van der Waals surface area (Å²) in [5.41, 5.74) is 5.83. The Balaban J connectivity index is 2.66. The molecule has 0 heterocycles. The molecular formula is C33H45Cl2NO11. The highest BCUT2D eigenvalue weighted by atomic mass is 35.5. The van der Waals surface area contributed by atoms with Crippen molar-refractivity contribution in [2.24, 2.45) is 17.6 Å². The Bertz CT molecular complexity index is 1240. The van der Waals surface area contributed by atoms with E-state index in [4.69, 9.17) is 43.5 Å². The molecule has 0 aliphatic heterocycles. The number of rotatable bonds is 18. The van der Waals surface area contributed by atoms with Gasteiger partial charge in [0.2, 0.25) is 0 Å². The number of hydrogen-bond donors (Lipinski definition) is 6. The number of allylic oxidation sites excluding steroid dienone is 9. The summed E-state index contributed by atoms with van der Waals surface area (Å²) in [7, 11) is 0. The standard InChI is InChI=1S/C33H45Cl2NO11/c1-4-5-13-26(47-33(36)45)29(35)24(38)18-25(39)31(42)30(41)20(3)22(34)12-8-6-10-19(2)11-7-9-14-28(40)46-27-17-21(32(43)44)15-16-23(27)37/h5-14,20-21,23-24,26-27,29-31,37-38,41-42H,4,15-18H2,1-3H3,(H2,36,45)(H,43,44)/b8-6+,11-7+,13-5+,14-9+,19-10+,22-12-/t20?,21-,23-,24+,26+,27+,29-,30?,31?/m0/s1. The number of carboxylic acids is 1. The molecule has 1 fully saturated rings. The van der Waals surface area contributed by atoms with Crippen molar-refractivity contribution < 1.29 is 54.2 Å². The first kappa shape index (κ1) is 41.8. The molecule has 0 bridgehead atoms. The van der Waals surface area contributed by atoms with Crippen molar-refractivity contribution >= 4 is 47.0 Å². The zero-order valence-electron chi connectivity index (χ0n) is 26.5. The molecule has 1 amide bonds. The summed E-state index contributed by atoms with van der Waals surface area (Å²) >= 11 is 12.5. The molecule has 0 aromatic heterocycles. The summed E-state index contributed by atoms with van der Waals surface area (Å²) in [5.74, 6) is -4.10. The predicted octanol–water partition coefficient (Wildman–Crippen LogP) is 3.60. The second kappa shape index (κ2) is 21.6. The fourth-order valence-electron chi connectivity index (χ4n) is 4.46. The Morgan fingerprint density at radius 2 is 1.66 bits per heavy atom. The fraction of sp³-hybridized carbons (Fsp3) is 0.515. The second-order valence-electron chi connectivity index (χ2n) is 11.1. The average molecular weight is 703 g/mol. The number of amides is 1. The van der Waals surface area contributed by atoms with E-state index in [1.807, 2.05) is 6.92 Å². The van der Waals surface area contributed by atoms with Gasteiger partial charge in [0, 0.05) is 29.9 Å². The van der Waals surface area contributed by atoms with Crippen LogP contribution in [0.5, 0.6) is 0 Å². The Morgan fingerprint density at radius 3 is 2.28 bits per heavy atom. The fourth-order valence-corrected chi connectivity index (χ4v) is 4.88. The lowest BCUT2D eigenvalue weighted by Gasteiger charge is -2.30. The molecule has 1 aliphatic carbocycles. The summed E-state index contributed by atoms with van der Waals surface area (Å²) in [5, 5.41) is 49.4. The first-order chi connectivity index (χ1) is 22.1. The van der Waals surface area contributed by atoms with E-state index in [1.165, 1.54) is 31.2 Å². The van der Waals surface area contributed by atoms with Crippen LogP contribution in [0.1, 0.15) is 52.9 Å². The summed E-state index contributed by atoms with van der Waals surface area (Å²) in [4.78, 5) is 47.0. The molecule has 1 rings (SSSR count). The lowest BCUT2D eigenvalue weighted by molar-refractivity contribution is -0.159. The normalized spacial score (nSPS) is 23.5. The molecule has 0 aromatic rings. The van der Waals surface area contributed by atoms with E-state index in [1.54, 1.807) is 43.4 Å². The second-order valence-corrected chi connectivity index (χ2v) is 12.0. The average Bonchev–Trinajstić information content (AvgIpc) is 3.02. The van der Waals surface area contributed by atoms with Crippen LogP contribution >= 0.6 is 23.2 Å². The van der Waals surface area contributed by atoms with Crippen molar-refractivity contribution in [3.63, 3.8) is 0 Å². The van der Waals surface area contributed by atoms with E-state index in [0.717, 1.165) is 5.57 Å². The molecule has 3 unspecified atom stereocenters. The molecule has 0 saturated heterocycles. The van der Waals surface area contributed by atoms with Crippen LogP contribution in [0, 0.1) is 11.8 Å². The molecule has 47 heavy (non-hydrogen) atoms. The van der Waals surface area contributed by atoms with Gasteiger partial charge in [-0.1, -0.05) is 73.6 Å². The molecule has 0 aromatic carbocycles. The number of carbonyl (C=O) groups is 4. The van der Waals surface area contributed by atoms with E-state index < -0.39 is 84.1 Å². The highest BCUT2D eigenvalue weighted by Gasteiger charge is 2.36. The minimum Gasteiger partial charge on any atom is -0.481 e. The van der Waals surface area contributed by atoms with Crippen LogP contribution in [-0.4, -0.2) is 91.3 Å². The zero-order valence-corrected chi connectivity index (χ0v) is 28.0. The largest absolute Gasteiger partial charge is 0.481 e. The minimum atomic E-state index is -1.89. The van der Waals surface area contributed by atoms with Crippen LogP contribution in [0.25, 0.3) is 0 Å². The van der Waals surface area contributed by atoms with Gasteiger partial charge in [-0.25, -0.2) is 9.59 Å². The summed E-state index contributed by atoms with van der Waals surface area (Å²) < 4.78 is 10.1. The Morgan fingerprint density at radius 1 is 1.02 bits per heavy atom. The van der Waals surface area contributed by atoms with Gasteiger partial charge < -0.3 is 40.7 Å². The number of carbonyl (C=O) groups excluding carboxylic acids is 3. The lowest BCUT2D eigenvalue weighted by Crippen LogP contribution is -2.43. The van der Waals surface area contributed by atoms with E-state index >= 15 is 0 Å². The number of aliphatic hydroxyl groups is 4. The Labute approximate surface area is 284 Å². The minimum absolute atomic E-state index is 0.0584. The van der Waals surface area contributed by atoms with Gasteiger partial charge in [0.25, 0.3) is 0 Å². The number of nitrogens with two attached hydrogens (primary N) is 1. The van der Waals surface area contributed by atoms with Gasteiger partial charge in [-0.2, -0.15) is 0 Å². The molecule has 1 aliphatic rings. The SMILES string of the molecule is CC/C=C/[C@@H](OC(N)=O)[C@@H](Cl)[C@H](O)CC(=O)C(O)C(O)C(C)/C(Cl)=C/C=C/C=C(C)/C=C/C=C/C(=O)O[C@@H]1C[C@@H](C(=O)O)CC[C@@H]1O. The van der Waals surface area contributed by atoms with Crippen LogP contribution in [-0.2, 0) is 23.9 Å². The van der Waals surface area contributed by atoms with Gasteiger partial charge in [-0.05, 0) is 38.3 Å². The topological polar surface area (TPSA) is 214 Å². The number of Topliss-reactive ketones (excluding diaryl/α,β-unsaturated/α-hetero) is 1. The molecule has 0 radical (unpaired) electrons. The number of halogens is 2. The molecular weight excluding hydrogens is 657 g/mol. The number of aliphatic hydroxyl groups excluding tert-OH is 4. The number of carboxylic acid groups (broad SMARTS) is 1. The molecule has 0 spiro atoms. The van der Waals surface area contributed by atoms with E-state index in [-0.39, 0.29) is 17.9 Å². The van der Waals surface area contributed by atoms with E-state index in [0.29, 0.717) is 12.8 Å².